The van der Waals surface area contributed by atoms with Crippen molar-refractivity contribution in [1.82, 2.24) is 25.3 Å². The number of nitrogens with one attached hydrogen (secondary N) is 2. The lowest BCUT2D eigenvalue weighted by molar-refractivity contribution is -0.132. The quantitative estimate of drug-likeness (QED) is 0.856. The van der Waals surface area contributed by atoms with Crippen LogP contribution < -0.4 is 5.32 Å². The van der Waals surface area contributed by atoms with Crippen LogP contribution in [0.3, 0.4) is 0 Å². The number of hydrogen-bond acceptors (Lipinski definition) is 5. The van der Waals surface area contributed by atoms with Gasteiger partial charge >= 0.3 is 0 Å². The lowest BCUT2D eigenvalue weighted by atomic mass is 10.1. The van der Waals surface area contributed by atoms with E-state index >= 15 is 0 Å². The predicted molar refractivity (Wildman–Crippen MR) is 99.4 cm³/mol. The summed E-state index contributed by atoms with van der Waals surface area (Å²) in [5, 5.41) is 14.9. The van der Waals surface area contributed by atoms with Gasteiger partial charge in [-0.05, 0) is 31.7 Å². The van der Waals surface area contributed by atoms with Crippen LogP contribution in [0.15, 0.2) is 23.0 Å². The van der Waals surface area contributed by atoms with Gasteiger partial charge in [0.25, 0.3) is 0 Å². The van der Waals surface area contributed by atoms with E-state index in [1.807, 2.05) is 6.20 Å². The van der Waals surface area contributed by atoms with E-state index in [0.717, 1.165) is 42.9 Å². The lowest BCUT2D eigenvalue weighted by Gasteiger charge is -2.39. The maximum atomic E-state index is 12.7. The van der Waals surface area contributed by atoms with Crippen LogP contribution in [0.2, 0.25) is 0 Å². The molecule has 0 aliphatic carbocycles. The maximum absolute atomic E-state index is 12.7. The first-order chi connectivity index (χ1) is 12.1. The second-order valence-corrected chi connectivity index (χ2v) is 8.01. The normalized spacial score (nSPS) is 24.3. The molecule has 2 aliphatic rings. The largest absolute Gasteiger partial charge is 0.336 e. The molecule has 0 aromatic carbocycles. The molecule has 4 heterocycles. The average Bonchev–Trinajstić information content (AvgIpc) is 3.32. The van der Waals surface area contributed by atoms with Crippen LogP contribution in [0.4, 0.5) is 0 Å². The van der Waals surface area contributed by atoms with Crippen molar-refractivity contribution in [2.24, 2.45) is 0 Å². The number of H-pyrrole nitrogens is 1. The number of carbonyl (C=O) groups is 1. The van der Waals surface area contributed by atoms with Crippen LogP contribution in [0.25, 0.3) is 11.3 Å². The van der Waals surface area contributed by atoms with Crippen LogP contribution in [0, 0.1) is 0 Å². The summed E-state index contributed by atoms with van der Waals surface area (Å²) >= 11 is 1.67. The Bertz CT molecular complexity index is 726. The van der Waals surface area contributed by atoms with Crippen molar-refractivity contribution < 1.29 is 4.79 Å². The summed E-state index contributed by atoms with van der Waals surface area (Å²) < 4.78 is 0. The van der Waals surface area contributed by atoms with Crippen molar-refractivity contribution in [3.05, 3.63) is 28.6 Å². The second kappa shape index (κ2) is 6.90. The average molecular weight is 359 g/mol. The highest BCUT2D eigenvalue weighted by atomic mass is 32.1. The van der Waals surface area contributed by atoms with Crippen molar-refractivity contribution in [2.45, 2.75) is 44.9 Å². The van der Waals surface area contributed by atoms with Gasteiger partial charge in [0.05, 0.1) is 17.9 Å². The molecule has 2 saturated heterocycles. The minimum atomic E-state index is -0.0812. The third-order valence-corrected chi connectivity index (χ3v) is 6.08. The van der Waals surface area contributed by atoms with Gasteiger partial charge in [0.1, 0.15) is 0 Å². The van der Waals surface area contributed by atoms with Gasteiger partial charge in [0, 0.05) is 54.8 Å². The van der Waals surface area contributed by atoms with E-state index in [1.165, 1.54) is 0 Å². The molecule has 7 heteroatoms. The topological polar surface area (TPSA) is 64.3 Å². The molecule has 25 heavy (non-hydrogen) atoms. The van der Waals surface area contributed by atoms with Gasteiger partial charge in [-0.3, -0.25) is 14.8 Å². The van der Waals surface area contributed by atoms with E-state index in [2.05, 4.69) is 56.0 Å². The fraction of sp³-hybridized carbons (Fsp3) is 0.556. The van der Waals surface area contributed by atoms with Gasteiger partial charge in [-0.15, -0.1) is 0 Å². The molecule has 2 aliphatic heterocycles. The fourth-order valence-electron chi connectivity index (χ4n) is 3.92. The first-order valence-corrected chi connectivity index (χ1v) is 9.90. The van der Waals surface area contributed by atoms with Crippen molar-refractivity contribution in [2.75, 3.05) is 19.6 Å². The molecule has 2 aromatic rings. The standard InChI is InChI=1S/C18H25N5OS/c1-12(2)22-4-5-23-15(10-22)7-16(18(23)24)19-8-14-9-20-21-17(14)13-3-6-25-11-13/h3,6,9,11-12,15-16,19H,4-5,7-8,10H2,1-2H3,(H,20,21). The zero-order chi connectivity index (χ0) is 17.4. The number of hydrogen-bond donors (Lipinski definition) is 2. The van der Waals surface area contributed by atoms with Crippen LogP contribution in [-0.4, -0.2) is 63.7 Å². The first kappa shape index (κ1) is 16.8. The third kappa shape index (κ3) is 3.23. The molecular formula is C18H25N5OS. The number of piperazine rings is 1. The Balaban J connectivity index is 1.40. The number of thiophene rings is 1. The van der Waals surface area contributed by atoms with E-state index in [1.54, 1.807) is 11.3 Å². The Morgan fingerprint density at radius 1 is 1.44 bits per heavy atom. The number of aromatic amines is 1. The van der Waals surface area contributed by atoms with E-state index in [4.69, 9.17) is 0 Å². The molecule has 2 fully saturated rings. The Morgan fingerprint density at radius 3 is 3.08 bits per heavy atom. The molecule has 0 radical (unpaired) electrons. The Morgan fingerprint density at radius 2 is 2.32 bits per heavy atom. The van der Waals surface area contributed by atoms with E-state index in [0.29, 0.717) is 18.6 Å². The minimum absolute atomic E-state index is 0.0812. The zero-order valence-corrected chi connectivity index (χ0v) is 15.6. The zero-order valence-electron chi connectivity index (χ0n) is 14.7. The van der Waals surface area contributed by atoms with Crippen molar-refractivity contribution in [1.29, 1.82) is 0 Å². The molecule has 0 bridgehead atoms. The number of fused-ring (bicyclic) bond motifs is 1. The molecule has 0 saturated carbocycles. The smallest absolute Gasteiger partial charge is 0.240 e. The summed E-state index contributed by atoms with van der Waals surface area (Å²) in [6, 6.07) is 2.90. The van der Waals surface area contributed by atoms with Crippen LogP contribution in [0.1, 0.15) is 25.8 Å². The number of nitrogens with zero attached hydrogens (tertiary/aromatic N) is 3. The molecule has 0 spiro atoms. The van der Waals surface area contributed by atoms with Crippen molar-refractivity contribution in [3.63, 3.8) is 0 Å². The molecule has 2 atom stereocenters. The molecule has 6 nitrogen and oxygen atoms in total. The number of rotatable bonds is 5. The second-order valence-electron chi connectivity index (χ2n) is 7.23. The highest BCUT2D eigenvalue weighted by Crippen LogP contribution is 2.26. The van der Waals surface area contributed by atoms with E-state index in [-0.39, 0.29) is 11.9 Å². The Labute approximate surface area is 152 Å². The van der Waals surface area contributed by atoms with Gasteiger partial charge < -0.3 is 10.2 Å². The summed E-state index contributed by atoms with van der Waals surface area (Å²) in [7, 11) is 0. The van der Waals surface area contributed by atoms with Crippen LogP contribution in [-0.2, 0) is 11.3 Å². The van der Waals surface area contributed by atoms with Crippen molar-refractivity contribution in [3.8, 4) is 11.3 Å². The number of aromatic nitrogens is 2. The first-order valence-electron chi connectivity index (χ1n) is 8.96. The Hall–Kier alpha value is -1.70. The maximum Gasteiger partial charge on any atom is 0.240 e. The van der Waals surface area contributed by atoms with Gasteiger partial charge in [0.15, 0.2) is 0 Å². The van der Waals surface area contributed by atoms with Gasteiger partial charge in [-0.1, -0.05) is 0 Å². The summed E-state index contributed by atoms with van der Waals surface area (Å²) in [5.74, 6) is 0.258. The SMILES string of the molecule is CC(C)N1CCN2C(=O)C(NCc3cn[nH]c3-c3ccsc3)CC2C1. The molecule has 2 aromatic heterocycles. The van der Waals surface area contributed by atoms with E-state index in [9.17, 15) is 4.79 Å². The highest BCUT2D eigenvalue weighted by molar-refractivity contribution is 7.08. The summed E-state index contributed by atoms with van der Waals surface area (Å²) in [5.41, 5.74) is 3.31. The molecule has 2 unspecified atom stereocenters. The lowest BCUT2D eigenvalue weighted by Crippen LogP contribution is -2.53. The monoisotopic (exact) mass is 359 g/mol. The third-order valence-electron chi connectivity index (χ3n) is 5.40. The number of amides is 1. The number of carbonyl (C=O) groups excluding carboxylic acids is 1. The Kier molecular flexibility index (Phi) is 4.62. The van der Waals surface area contributed by atoms with Crippen LogP contribution >= 0.6 is 11.3 Å². The fourth-order valence-corrected chi connectivity index (χ4v) is 4.57. The predicted octanol–water partition coefficient (Wildman–Crippen LogP) is 1.92. The minimum Gasteiger partial charge on any atom is -0.336 e. The molecule has 1 amide bonds. The van der Waals surface area contributed by atoms with Gasteiger partial charge in [-0.2, -0.15) is 16.4 Å². The molecule has 4 rings (SSSR count). The van der Waals surface area contributed by atoms with Gasteiger partial charge in [-0.25, -0.2) is 0 Å². The summed E-state index contributed by atoms with van der Waals surface area (Å²) in [6.45, 7) is 7.95. The summed E-state index contributed by atoms with van der Waals surface area (Å²) in [6.07, 6.45) is 2.75. The molecule has 134 valence electrons. The molecule has 2 N–H and O–H groups in total. The van der Waals surface area contributed by atoms with Gasteiger partial charge in [0.2, 0.25) is 5.91 Å². The van der Waals surface area contributed by atoms with Crippen LogP contribution in [0.5, 0.6) is 0 Å². The highest BCUT2D eigenvalue weighted by Gasteiger charge is 2.42. The van der Waals surface area contributed by atoms with E-state index < -0.39 is 0 Å². The van der Waals surface area contributed by atoms with Crippen molar-refractivity contribution >= 4 is 17.2 Å². The molecular weight excluding hydrogens is 334 g/mol. The summed E-state index contributed by atoms with van der Waals surface area (Å²) in [4.78, 5) is 17.3.